The Labute approximate surface area is 142 Å². The Bertz CT molecular complexity index is 706. The van der Waals surface area contributed by atoms with Crippen molar-refractivity contribution in [3.8, 4) is 11.5 Å². The number of benzene rings is 1. The normalized spacial score (nSPS) is 10.9. The maximum absolute atomic E-state index is 12.1. The number of carbonyl (C=O) groups excluding carboxylic acids is 1. The number of anilines is 2. The fraction of sp³-hybridized carbons (Fsp3) is 0.333. The van der Waals surface area contributed by atoms with Crippen LogP contribution in [0.15, 0.2) is 36.5 Å². The van der Waals surface area contributed by atoms with Crippen LogP contribution in [0, 0.1) is 0 Å². The van der Waals surface area contributed by atoms with E-state index in [4.69, 9.17) is 9.47 Å². The molecule has 0 aliphatic carbocycles. The third-order valence-electron chi connectivity index (χ3n) is 3.17. The zero-order valence-corrected chi connectivity index (χ0v) is 14.6. The molecular formula is C18H23N3O3. The van der Waals surface area contributed by atoms with Crippen molar-refractivity contribution in [2.75, 3.05) is 19.5 Å². The van der Waals surface area contributed by atoms with E-state index in [-0.39, 0.29) is 11.4 Å². The lowest BCUT2D eigenvalue weighted by Crippen LogP contribution is -2.40. The van der Waals surface area contributed by atoms with Crippen molar-refractivity contribution >= 4 is 17.3 Å². The fourth-order valence-electron chi connectivity index (χ4n) is 2.06. The van der Waals surface area contributed by atoms with Crippen LogP contribution in [-0.4, -0.2) is 30.6 Å². The minimum absolute atomic E-state index is 0.198. The molecule has 1 amide bonds. The number of hydrogen-bond donors (Lipinski definition) is 2. The van der Waals surface area contributed by atoms with Crippen LogP contribution in [0.1, 0.15) is 31.3 Å². The van der Waals surface area contributed by atoms with Gasteiger partial charge in [-0.3, -0.25) is 4.79 Å². The van der Waals surface area contributed by atoms with Gasteiger partial charge in [0, 0.05) is 11.6 Å². The molecule has 0 spiro atoms. The van der Waals surface area contributed by atoms with Crippen molar-refractivity contribution < 1.29 is 14.3 Å². The Kier molecular flexibility index (Phi) is 5.28. The number of hydrogen-bond acceptors (Lipinski definition) is 5. The van der Waals surface area contributed by atoms with Gasteiger partial charge in [0.05, 0.1) is 31.8 Å². The van der Waals surface area contributed by atoms with Crippen LogP contribution in [0.3, 0.4) is 0 Å². The molecule has 0 fully saturated rings. The van der Waals surface area contributed by atoms with Crippen LogP contribution < -0.4 is 20.1 Å². The molecule has 0 atom stereocenters. The van der Waals surface area contributed by atoms with Gasteiger partial charge in [-0.15, -0.1) is 0 Å². The van der Waals surface area contributed by atoms with E-state index in [2.05, 4.69) is 15.6 Å². The zero-order valence-electron chi connectivity index (χ0n) is 14.6. The summed E-state index contributed by atoms with van der Waals surface area (Å²) in [6.45, 7) is 5.78. The van der Waals surface area contributed by atoms with Crippen molar-refractivity contribution in [1.82, 2.24) is 10.3 Å². The van der Waals surface area contributed by atoms with Gasteiger partial charge in [-0.05, 0) is 45.0 Å². The number of nitrogens with one attached hydrogen (secondary N) is 2. The van der Waals surface area contributed by atoms with E-state index in [0.29, 0.717) is 17.2 Å². The number of pyridine rings is 1. The molecule has 2 rings (SSSR count). The minimum atomic E-state index is -0.299. The monoisotopic (exact) mass is 329 g/mol. The molecule has 128 valence electrons. The summed E-state index contributed by atoms with van der Waals surface area (Å²) in [7, 11) is 3.20. The molecule has 6 heteroatoms. The largest absolute Gasteiger partial charge is 0.497 e. The smallest absolute Gasteiger partial charge is 0.270 e. The highest BCUT2D eigenvalue weighted by Gasteiger charge is 2.16. The summed E-state index contributed by atoms with van der Waals surface area (Å²) in [5, 5.41) is 6.09. The summed E-state index contributed by atoms with van der Waals surface area (Å²) in [6.07, 6.45) is 1.61. The summed E-state index contributed by atoms with van der Waals surface area (Å²) in [6, 6.07) is 8.97. The van der Waals surface area contributed by atoms with Crippen LogP contribution in [-0.2, 0) is 0 Å². The summed E-state index contributed by atoms with van der Waals surface area (Å²) in [5.41, 5.74) is 1.61. The number of carbonyl (C=O) groups is 1. The van der Waals surface area contributed by atoms with Gasteiger partial charge in [-0.2, -0.15) is 0 Å². The number of methoxy groups -OCH3 is 2. The third kappa shape index (κ3) is 4.62. The van der Waals surface area contributed by atoms with Gasteiger partial charge < -0.3 is 20.1 Å². The molecule has 2 N–H and O–H groups in total. The molecule has 24 heavy (non-hydrogen) atoms. The summed E-state index contributed by atoms with van der Waals surface area (Å²) in [4.78, 5) is 16.3. The molecule has 0 aliphatic rings. The van der Waals surface area contributed by atoms with E-state index in [0.717, 1.165) is 11.4 Å². The van der Waals surface area contributed by atoms with E-state index in [1.165, 1.54) is 0 Å². The quantitative estimate of drug-likeness (QED) is 0.880. The molecule has 0 saturated heterocycles. The van der Waals surface area contributed by atoms with Gasteiger partial charge in [-0.1, -0.05) is 0 Å². The fourth-order valence-corrected chi connectivity index (χ4v) is 2.06. The average molecular weight is 329 g/mol. The first-order valence-electron chi connectivity index (χ1n) is 7.60. The van der Waals surface area contributed by atoms with Crippen LogP contribution in [0.4, 0.5) is 11.4 Å². The van der Waals surface area contributed by atoms with Crippen LogP contribution >= 0.6 is 0 Å². The lowest BCUT2D eigenvalue weighted by atomic mass is 10.1. The van der Waals surface area contributed by atoms with E-state index >= 15 is 0 Å². The number of nitrogens with zero attached hydrogens (tertiary/aromatic N) is 1. The molecule has 1 aromatic carbocycles. The highest BCUT2D eigenvalue weighted by atomic mass is 16.5. The second kappa shape index (κ2) is 7.21. The van der Waals surface area contributed by atoms with Gasteiger partial charge >= 0.3 is 0 Å². The predicted molar refractivity (Wildman–Crippen MR) is 94.3 cm³/mol. The topological polar surface area (TPSA) is 72.5 Å². The second-order valence-electron chi connectivity index (χ2n) is 6.33. The number of ether oxygens (including phenoxy) is 2. The van der Waals surface area contributed by atoms with Gasteiger partial charge in [0.15, 0.2) is 0 Å². The minimum Gasteiger partial charge on any atom is -0.497 e. The van der Waals surface area contributed by atoms with E-state index in [9.17, 15) is 4.79 Å². The molecule has 1 aromatic heterocycles. The van der Waals surface area contributed by atoms with Crippen LogP contribution in [0.5, 0.6) is 11.5 Å². The number of rotatable bonds is 5. The Morgan fingerprint density at radius 2 is 1.83 bits per heavy atom. The maximum Gasteiger partial charge on any atom is 0.270 e. The molecule has 6 nitrogen and oxygen atoms in total. The summed E-state index contributed by atoms with van der Waals surface area (Å²) in [5.74, 6) is 1.17. The highest BCUT2D eigenvalue weighted by molar-refractivity contribution is 5.93. The standard InChI is InChI=1S/C18H23N3O3/c1-18(2,3)21-17(22)15-8-6-12(11-19-15)20-14-9-7-13(23-4)10-16(14)24-5/h6-11,20H,1-5H3,(H,21,22). The molecule has 0 radical (unpaired) electrons. The Morgan fingerprint density at radius 1 is 1.08 bits per heavy atom. The molecular weight excluding hydrogens is 306 g/mol. The Morgan fingerprint density at radius 3 is 2.38 bits per heavy atom. The maximum atomic E-state index is 12.1. The average Bonchev–Trinajstić information content (AvgIpc) is 2.54. The first kappa shape index (κ1) is 17.6. The van der Waals surface area contributed by atoms with Crippen molar-refractivity contribution in [1.29, 1.82) is 0 Å². The lowest BCUT2D eigenvalue weighted by Gasteiger charge is -2.20. The first-order valence-corrected chi connectivity index (χ1v) is 7.60. The van der Waals surface area contributed by atoms with Crippen molar-refractivity contribution in [2.24, 2.45) is 0 Å². The predicted octanol–water partition coefficient (Wildman–Crippen LogP) is 3.37. The summed E-state index contributed by atoms with van der Waals surface area (Å²) < 4.78 is 10.5. The molecule has 0 aliphatic heterocycles. The molecule has 0 unspecified atom stereocenters. The van der Waals surface area contributed by atoms with Crippen molar-refractivity contribution in [3.63, 3.8) is 0 Å². The van der Waals surface area contributed by atoms with Crippen molar-refractivity contribution in [3.05, 3.63) is 42.2 Å². The van der Waals surface area contributed by atoms with Gasteiger partial charge in [0.25, 0.3) is 5.91 Å². The highest BCUT2D eigenvalue weighted by Crippen LogP contribution is 2.31. The Hall–Kier alpha value is -2.76. The van der Waals surface area contributed by atoms with E-state index < -0.39 is 0 Å². The van der Waals surface area contributed by atoms with Crippen molar-refractivity contribution in [2.45, 2.75) is 26.3 Å². The lowest BCUT2D eigenvalue weighted by molar-refractivity contribution is 0.0914. The van der Waals surface area contributed by atoms with E-state index in [1.54, 1.807) is 38.6 Å². The van der Waals surface area contributed by atoms with Gasteiger partial charge in [-0.25, -0.2) is 4.98 Å². The van der Waals surface area contributed by atoms with Gasteiger partial charge in [0.1, 0.15) is 17.2 Å². The molecule has 0 saturated carbocycles. The SMILES string of the molecule is COc1ccc(Nc2ccc(C(=O)NC(C)(C)C)nc2)c(OC)c1. The molecule has 1 heterocycles. The first-order chi connectivity index (χ1) is 11.3. The number of aromatic nitrogens is 1. The molecule has 0 bridgehead atoms. The molecule has 2 aromatic rings. The third-order valence-corrected chi connectivity index (χ3v) is 3.17. The zero-order chi connectivity index (χ0) is 17.7. The van der Waals surface area contributed by atoms with E-state index in [1.807, 2.05) is 32.9 Å². The van der Waals surface area contributed by atoms with Gasteiger partial charge in [0.2, 0.25) is 0 Å². The Balaban J connectivity index is 2.13. The van der Waals surface area contributed by atoms with Crippen LogP contribution in [0.25, 0.3) is 0 Å². The number of amides is 1. The van der Waals surface area contributed by atoms with Crippen LogP contribution in [0.2, 0.25) is 0 Å². The summed E-state index contributed by atoms with van der Waals surface area (Å²) >= 11 is 0. The second-order valence-corrected chi connectivity index (χ2v) is 6.33.